The van der Waals surface area contributed by atoms with E-state index in [4.69, 9.17) is 22.1 Å². The van der Waals surface area contributed by atoms with Crippen LogP contribution in [0.5, 0.6) is 5.75 Å². The Morgan fingerprint density at radius 1 is 1.00 bits per heavy atom. The first-order chi connectivity index (χ1) is 18.0. The van der Waals surface area contributed by atoms with Crippen molar-refractivity contribution in [3.8, 4) is 22.7 Å². The molecule has 186 valence electrons. The van der Waals surface area contributed by atoms with Crippen LogP contribution in [0.1, 0.15) is 25.0 Å². The fourth-order valence-electron chi connectivity index (χ4n) is 4.07. The maximum absolute atomic E-state index is 13.2. The number of para-hydroxylation sites is 1. The van der Waals surface area contributed by atoms with Crippen molar-refractivity contribution in [3.63, 3.8) is 0 Å². The fraction of sp³-hybridized carbons (Fsp3) is 0.167. The first kappa shape index (κ1) is 25.0. The van der Waals surface area contributed by atoms with Gasteiger partial charge in [-0.25, -0.2) is 4.68 Å². The Balaban J connectivity index is 1.50. The number of thiocarbonyl (C=S) groups is 1. The zero-order valence-corrected chi connectivity index (χ0v) is 22.3. The van der Waals surface area contributed by atoms with E-state index in [1.54, 1.807) is 4.90 Å². The monoisotopic (exact) mass is 525 g/mol. The third-order valence-corrected chi connectivity index (χ3v) is 7.20. The molecule has 0 saturated carbocycles. The smallest absolute Gasteiger partial charge is 0.266 e. The Morgan fingerprint density at radius 2 is 1.73 bits per heavy atom. The van der Waals surface area contributed by atoms with Gasteiger partial charge in [-0.3, -0.25) is 9.69 Å². The van der Waals surface area contributed by atoms with E-state index >= 15 is 0 Å². The van der Waals surface area contributed by atoms with Gasteiger partial charge in [0.15, 0.2) is 0 Å². The van der Waals surface area contributed by atoms with Crippen molar-refractivity contribution < 1.29 is 9.53 Å². The minimum absolute atomic E-state index is 0.0537. The minimum atomic E-state index is -0.0537. The Morgan fingerprint density at radius 3 is 2.46 bits per heavy atom. The molecule has 5 nitrogen and oxygen atoms in total. The number of thioether (sulfide) groups is 1. The number of amides is 1. The molecule has 0 spiro atoms. The van der Waals surface area contributed by atoms with Crippen molar-refractivity contribution in [1.29, 1.82) is 0 Å². The Hall–Kier alpha value is -3.68. The SMILES string of the molecule is CC(C)CN1C(=O)C(=Cc2cn(-c3ccccc3)nc2-c2cccc(OCc3ccccc3)c2)SC1=S. The Labute approximate surface area is 226 Å². The van der Waals surface area contributed by atoms with Gasteiger partial charge < -0.3 is 4.74 Å². The van der Waals surface area contributed by atoms with Gasteiger partial charge in [0.25, 0.3) is 5.91 Å². The van der Waals surface area contributed by atoms with Crippen LogP contribution in [0.15, 0.2) is 96.0 Å². The van der Waals surface area contributed by atoms with Crippen molar-refractivity contribution in [2.75, 3.05) is 6.54 Å². The number of carbonyl (C=O) groups is 1. The number of aromatic nitrogens is 2. The average Bonchev–Trinajstić information content (AvgIpc) is 3.45. The molecule has 1 aliphatic heterocycles. The van der Waals surface area contributed by atoms with Crippen LogP contribution >= 0.6 is 24.0 Å². The van der Waals surface area contributed by atoms with Gasteiger partial charge in [0, 0.05) is 23.9 Å². The lowest BCUT2D eigenvalue weighted by Crippen LogP contribution is -2.31. The van der Waals surface area contributed by atoms with Crippen LogP contribution in [0.3, 0.4) is 0 Å². The normalized spacial score (nSPS) is 14.7. The summed E-state index contributed by atoms with van der Waals surface area (Å²) in [7, 11) is 0. The maximum atomic E-state index is 13.2. The molecule has 0 radical (unpaired) electrons. The summed E-state index contributed by atoms with van der Waals surface area (Å²) in [6.45, 7) is 5.25. The van der Waals surface area contributed by atoms with E-state index in [0.717, 1.165) is 33.8 Å². The van der Waals surface area contributed by atoms with Crippen LogP contribution in [0.25, 0.3) is 23.0 Å². The van der Waals surface area contributed by atoms with E-state index in [-0.39, 0.29) is 5.91 Å². The third-order valence-electron chi connectivity index (χ3n) is 5.83. The lowest BCUT2D eigenvalue weighted by molar-refractivity contribution is -0.122. The van der Waals surface area contributed by atoms with Crippen LogP contribution in [-0.4, -0.2) is 31.5 Å². The highest BCUT2D eigenvalue weighted by atomic mass is 32.2. The van der Waals surface area contributed by atoms with Gasteiger partial charge in [0.05, 0.1) is 10.6 Å². The highest BCUT2D eigenvalue weighted by Crippen LogP contribution is 2.35. The molecular weight excluding hydrogens is 498 g/mol. The Bertz CT molecular complexity index is 1450. The minimum Gasteiger partial charge on any atom is -0.489 e. The van der Waals surface area contributed by atoms with Gasteiger partial charge in [-0.15, -0.1) is 0 Å². The topological polar surface area (TPSA) is 47.4 Å². The van der Waals surface area contributed by atoms with Crippen molar-refractivity contribution in [2.24, 2.45) is 5.92 Å². The summed E-state index contributed by atoms with van der Waals surface area (Å²) in [6, 6.07) is 27.9. The molecule has 0 bridgehead atoms. The highest BCUT2D eigenvalue weighted by molar-refractivity contribution is 8.26. The number of nitrogens with zero attached hydrogens (tertiary/aromatic N) is 3. The van der Waals surface area contributed by atoms with Crippen molar-refractivity contribution in [3.05, 3.63) is 107 Å². The largest absolute Gasteiger partial charge is 0.489 e. The number of hydrogen-bond acceptors (Lipinski definition) is 5. The molecule has 4 aromatic rings. The van der Waals surface area contributed by atoms with Crippen LogP contribution in [0.2, 0.25) is 0 Å². The number of carbonyl (C=O) groups excluding carboxylic acids is 1. The molecule has 37 heavy (non-hydrogen) atoms. The van der Waals surface area contributed by atoms with E-state index in [1.807, 2.05) is 102 Å². The van der Waals surface area contributed by atoms with Gasteiger partial charge >= 0.3 is 0 Å². The van der Waals surface area contributed by atoms with E-state index < -0.39 is 0 Å². The Kier molecular flexibility index (Phi) is 7.53. The summed E-state index contributed by atoms with van der Waals surface area (Å²) < 4.78 is 8.51. The first-order valence-corrected chi connectivity index (χ1v) is 13.4. The van der Waals surface area contributed by atoms with Crippen LogP contribution in [-0.2, 0) is 11.4 Å². The molecule has 0 unspecified atom stereocenters. The molecule has 1 saturated heterocycles. The molecule has 3 aromatic carbocycles. The lowest BCUT2D eigenvalue weighted by atomic mass is 10.1. The number of hydrogen-bond donors (Lipinski definition) is 0. The molecular formula is C30H27N3O2S2. The zero-order valence-electron chi connectivity index (χ0n) is 20.7. The maximum Gasteiger partial charge on any atom is 0.266 e. The summed E-state index contributed by atoms with van der Waals surface area (Å²) in [5.41, 5.74) is 4.55. The second-order valence-corrected chi connectivity index (χ2v) is 10.9. The summed E-state index contributed by atoms with van der Waals surface area (Å²) in [4.78, 5) is 15.5. The van der Waals surface area contributed by atoms with Gasteiger partial charge in [-0.05, 0) is 41.8 Å². The molecule has 1 amide bonds. The van der Waals surface area contributed by atoms with Gasteiger partial charge in [0.2, 0.25) is 0 Å². The molecule has 7 heteroatoms. The molecule has 1 fully saturated rings. The summed E-state index contributed by atoms with van der Waals surface area (Å²) in [5.74, 6) is 1.03. The van der Waals surface area contributed by atoms with Crippen molar-refractivity contribution in [2.45, 2.75) is 20.5 Å². The van der Waals surface area contributed by atoms with E-state index in [1.165, 1.54) is 11.8 Å². The summed E-state index contributed by atoms with van der Waals surface area (Å²) in [5, 5.41) is 4.91. The molecule has 1 aromatic heterocycles. The van der Waals surface area contributed by atoms with Gasteiger partial charge in [-0.1, -0.05) is 98.5 Å². The predicted molar refractivity (Wildman–Crippen MR) is 154 cm³/mol. The lowest BCUT2D eigenvalue weighted by Gasteiger charge is -2.16. The predicted octanol–water partition coefficient (Wildman–Crippen LogP) is 6.98. The van der Waals surface area contributed by atoms with E-state index in [2.05, 4.69) is 13.8 Å². The average molecular weight is 526 g/mol. The molecule has 0 atom stereocenters. The molecule has 1 aliphatic rings. The van der Waals surface area contributed by atoms with Crippen LogP contribution in [0.4, 0.5) is 0 Å². The van der Waals surface area contributed by atoms with E-state index in [9.17, 15) is 4.79 Å². The highest BCUT2D eigenvalue weighted by Gasteiger charge is 2.32. The van der Waals surface area contributed by atoms with E-state index in [0.29, 0.717) is 28.3 Å². The fourth-order valence-corrected chi connectivity index (χ4v) is 5.33. The number of rotatable bonds is 8. The second-order valence-electron chi connectivity index (χ2n) is 9.20. The summed E-state index contributed by atoms with van der Waals surface area (Å²) >= 11 is 6.86. The standard InChI is InChI=1S/C30H27N3O2S2/c1-21(2)18-32-29(34)27(37-30(32)36)17-24-19-33(25-13-7-4-8-14-25)31-28(24)23-12-9-15-26(16-23)35-20-22-10-5-3-6-11-22/h3-17,19,21H,18,20H2,1-2H3. The van der Waals surface area contributed by atoms with Crippen LogP contribution in [0, 0.1) is 5.92 Å². The van der Waals surface area contributed by atoms with Gasteiger partial charge in [-0.2, -0.15) is 5.10 Å². The number of ether oxygens (including phenoxy) is 1. The quantitative estimate of drug-likeness (QED) is 0.184. The number of benzene rings is 3. The second kappa shape index (κ2) is 11.2. The zero-order chi connectivity index (χ0) is 25.8. The molecule has 0 N–H and O–H groups in total. The van der Waals surface area contributed by atoms with Crippen molar-refractivity contribution >= 4 is 40.3 Å². The van der Waals surface area contributed by atoms with Gasteiger partial charge in [0.1, 0.15) is 22.4 Å². The molecule has 0 aliphatic carbocycles. The molecule has 2 heterocycles. The summed E-state index contributed by atoms with van der Waals surface area (Å²) in [6.07, 6.45) is 3.86. The molecule has 5 rings (SSSR count). The third kappa shape index (κ3) is 5.84. The van der Waals surface area contributed by atoms with Crippen LogP contribution < -0.4 is 4.74 Å². The first-order valence-electron chi connectivity index (χ1n) is 12.2. The van der Waals surface area contributed by atoms with Crippen molar-refractivity contribution in [1.82, 2.24) is 14.7 Å².